The summed E-state index contributed by atoms with van der Waals surface area (Å²) in [4.78, 5) is 0. The highest BCUT2D eigenvalue weighted by molar-refractivity contribution is 5.71. The normalized spacial score (nSPS) is 10.9. The number of nitrogens with zero attached hydrogens (tertiary/aromatic N) is 2. The van der Waals surface area contributed by atoms with E-state index in [2.05, 4.69) is 10.2 Å². The summed E-state index contributed by atoms with van der Waals surface area (Å²) in [6, 6.07) is 13.9. The molecule has 0 saturated carbocycles. The van der Waals surface area contributed by atoms with Crippen molar-refractivity contribution in [2.45, 2.75) is 0 Å². The first-order valence-electron chi connectivity index (χ1n) is 7.75. The van der Waals surface area contributed by atoms with Crippen LogP contribution in [0.4, 0.5) is 11.4 Å². The van der Waals surface area contributed by atoms with Crippen LogP contribution in [0.2, 0.25) is 0 Å². The van der Waals surface area contributed by atoms with Crippen molar-refractivity contribution in [3.63, 3.8) is 0 Å². The molecular weight excluding hydrogens is 336 g/mol. The van der Waals surface area contributed by atoms with Crippen LogP contribution in [0, 0.1) is 0 Å². The topological polar surface area (TPSA) is 85.8 Å². The zero-order chi connectivity index (χ0) is 18.5. The Kier molecular flexibility index (Phi) is 5.07. The molecule has 1 N–H and O–H groups in total. The van der Waals surface area contributed by atoms with Crippen molar-refractivity contribution in [2.75, 3.05) is 21.3 Å². The number of azo groups is 1. The van der Waals surface area contributed by atoms with Crippen LogP contribution < -0.4 is 14.2 Å². The fourth-order valence-electron chi connectivity index (χ4n) is 2.34. The molecule has 7 heteroatoms. The van der Waals surface area contributed by atoms with E-state index in [1.807, 2.05) is 0 Å². The number of aromatic hydroxyl groups is 1. The van der Waals surface area contributed by atoms with Crippen molar-refractivity contribution in [3.8, 4) is 34.5 Å². The first-order valence-corrected chi connectivity index (χ1v) is 7.75. The van der Waals surface area contributed by atoms with Gasteiger partial charge < -0.3 is 23.7 Å². The van der Waals surface area contributed by atoms with Crippen LogP contribution in [-0.2, 0) is 0 Å². The van der Waals surface area contributed by atoms with Crippen LogP contribution in [0.1, 0.15) is 0 Å². The third-order valence-electron chi connectivity index (χ3n) is 3.71. The largest absolute Gasteiger partial charge is 0.497 e. The van der Waals surface area contributed by atoms with Gasteiger partial charge in [0, 0.05) is 6.07 Å². The number of rotatable bonds is 6. The number of ether oxygens (including phenoxy) is 3. The molecule has 0 aliphatic carbocycles. The molecule has 0 unspecified atom stereocenters. The van der Waals surface area contributed by atoms with Gasteiger partial charge in [0.25, 0.3) is 0 Å². The van der Waals surface area contributed by atoms with Gasteiger partial charge >= 0.3 is 5.95 Å². The van der Waals surface area contributed by atoms with Crippen LogP contribution in [0.15, 0.2) is 63.2 Å². The molecule has 0 aliphatic heterocycles. The Morgan fingerprint density at radius 2 is 1.50 bits per heavy atom. The molecule has 2 aromatic carbocycles. The Morgan fingerprint density at radius 1 is 0.808 bits per heavy atom. The van der Waals surface area contributed by atoms with Crippen LogP contribution in [-0.4, -0.2) is 26.4 Å². The van der Waals surface area contributed by atoms with E-state index in [0.29, 0.717) is 28.5 Å². The molecule has 0 spiro atoms. The number of benzene rings is 2. The van der Waals surface area contributed by atoms with E-state index in [1.165, 1.54) is 0 Å². The van der Waals surface area contributed by atoms with Crippen molar-refractivity contribution in [3.05, 3.63) is 48.5 Å². The van der Waals surface area contributed by atoms with Crippen LogP contribution in [0.25, 0.3) is 11.3 Å². The van der Waals surface area contributed by atoms with Gasteiger partial charge in [0.05, 0.1) is 32.6 Å². The van der Waals surface area contributed by atoms with Gasteiger partial charge in [-0.1, -0.05) is 0 Å². The second kappa shape index (κ2) is 7.60. The molecule has 134 valence electrons. The molecule has 26 heavy (non-hydrogen) atoms. The monoisotopic (exact) mass is 354 g/mol. The Bertz CT molecular complexity index is 916. The molecule has 0 atom stereocenters. The molecule has 0 aliphatic rings. The van der Waals surface area contributed by atoms with Crippen molar-refractivity contribution < 1.29 is 23.7 Å². The van der Waals surface area contributed by atoms with Crippen molar-refractivity contribution in [1.82, 2.24) is 0 Å². The number of furan rings is 1. The Morgan fingerprint density at radius 3 is 2.15 bits per heavy atom. The lowest BCUT2D eigenvalue weighted by atomic mass is 10.1. The molecular formula is C19H18N2O5. The smallest absolute Gasteiger partial charge is 0.311 e. The molecule has 3 aromatic rings. The number of methoxy groups -OCH3 is 3. The van der Waals surface area contributed by atoms with Crippen molar-refractivity contribution in [2.24, 2.45) is 10.2 Å². The van der Waals surface area contributed by atoms with E-state index in [0.717, 1.165) is 5.75 Å². The van der Waals surface area contributed by atoms with E-state index < -0.39 is 0 Å². The molecule has 0 fully saturated rings. The Hall–Kier alpha value is -3.48. The fraction of sp³-hybridized carbons (Fsp3) is 0.158. The molecule has 0 bridgehead atoms. The lowest BCUT2D eigenvalue weighted by Gasteiger charge is -2.07. The second-order valence-electron chi connectivity index (χ2n) is 5.27. The van der Waals surface area contributed by atoms with Gasteiger partial charge in [-0.05, 0) is 42.5 Å². The third-order valence-corrected chi connectivity index (χ3v) is 3.71. The van der Waals surface area contributed by atoms with Gasteiger partial charge in [0.15, 0.2) is 5.69 Å². The summed E-state index contributed by atoms with van der Waals surface area (Å²) in [7, 11) is 4.71. The highest BCUT2D eigenvalue weighted by Gasteiger charge is 2.16. The summed E-state index contributed by atoms with van der Waals surface area (Å²) in [5.74, 6) is 2.00. The van der Waals surface area contributed by atoms with Gasteiger partial charge in [0.2, 0.25) is 0 Å². The third kappa shape index (κ3) is 3.61. The van der Waals surface area contributed by atoms with Gasteiger partial charge in [-0.25, -0.2) is 0 Å². The summed E-state index contributed by atoms with van der Waals surface area (Å²) in [6.07, 6.45) is 0. The molecule has 7 nitrogen and oxygen atoms in total. The predicted octanol–water partition coefficient (Wildman–Crippen LogP) is 5.09. The van der Waals surface area contributed by atoms with Gasteiger partial charge in [0.1, 0.15) is 23.0 Å². The van der Waals surface area contributed by atoms with Crippen LogP contribution in [0.3, 0.4) is 0 Å². The SMILES string of the molecule is COc1ccc(N=Nc2cc(-c3cc(OC)ccc3OC)oc2O)cc1. The van der Waals surface area contributed by atoms with Gasteiger partial charge in [-0.15, -0.1) is 5.11 Å². The summed E-state index contributed by atoms with van der Waals surface area (Å²) in [5.41, 5.74) is 1.46. The van der Waals surface area contributed by atoms with Crippen molar-refractivity contribution in [1.29, 1.82) is 0 Å². The van der Waals surface area contributed by atoms with E-state index >= 15 is 0 Å². The van der Waals surface area contributed by atoms with Crippen LogP contribution >= 0.6 is 0 Å². The molecule has 0 saturated heterocycles. The molecule has 1 aromatic heterocycles. The predicted molar refractivity (Wildman–Crippen MR) is 96.1 cm³/mol. The lowest BCUT2D eigenvalue weighted by Crippen LogP contribution is -1.89. The first kappa shape index (κ1) is 17.3. The average molecular weight is 354 g/mol. The summed E-state index contributed by atoms with van der Waals surface area (Å²) < 4.78 is 21.1. The zero-order valence-corrected chi connectivity index (χ0v) is 14.6. The number of hydrogen-bond donors (Lipinski definition) is 1. The average Bonchev–Trinajstić information content (AvgIpc) is 3.06. The summed E-state index contributed by atoms with van der Waals surface area (Å²) >= 11 is 0. The van der Waals surface area contributed by atoms with E-state index in [4.69, 9.17) is 18.6 Å². The summed E-state index contributed by atoms with van der Waals surface area (Å²) in [5, 5.41) is 18.2. The molecule has 1 heterocycles. The minimum Gasteiger partial charge on any atom is -0.497 e. The zero-order valence-electron chi connectivity index (χ0n) is 14.6. The lowest BCUT2D eigenvalue weighted by molar-refractivity contribution is 0.337. The highest BCUT2D eigenvalue weighted by Crippen LogP contribution is 2.41. The first-order chi connectivity index (χ1) is 12.6. The van der Waals surface area contributed by atoms with E-state index in [9.17, 15) is 5.11 Å². The maximum absolute atomic E-state index is 10.0. The van der Waals surface area contributed by atoms with Gasteiger partial charge in [-0.3, -0.25) is 0 Å². The number of hydrogen-bond acceptors (Lipinski definition) is 7. The molecule has 0 radical (unpaired) electrons. The van der Waals surface area contributed by atoms with E-state index in [-0.39, 0.29) is 11.6 Å². The Balaban J connectivity index is 1.90. The highest BCUT2D eigenvalue weighted by atomic mass is 16.5. The fourth-order valence-corrected chi connectivity index (χ4v) is 2.34. The maximum Gasteiger partial charge on any atom is 0.311 e. The minimum atomic E-state index is -0.331. The standard InChI is InChI=1S/C19H18N2O5/c1-23-13-6-4-12(5-7-13)20-21-16-11-18(26-19(16)22)15-10-14(24-2)8-9-17(15)25-3/h4-11,22H,1-3H3. The van der Waals surface area contributed by atoms with E-state index in [1.54, 1.807) is 69.9 Å². The quantitative estimate of drug-likeness (QED) is 0.623. The second-order valence-corrected chi connectivity index (χ2v) is 5.27. The minimum absolute atomic E-state index is 0.209. The Labute approximate surface area is 150 Å². The van der Waals surface area contributed by atoms with Crippen molar-refractivity contribution >= 4 is 11.4 Å². The van der Waals surface area contributed by atoms with Crippen LogP contribution in [0.5, 0.6) is 23.2 Å². The maximum atomic E-state index is 10.0. The molecule has 3 rings (SSSR count). The summed E-state index contributed by atoms with van der Waals surface area (Å²) in [6.45, 7) is 0. The van der Waals surface area contributed by atoms with Gasteiger partial charge in [-0.2, -0.15) is 5.11 Å². The molecule has 0 amide bonds.